The number of nitrogens with zero attached hydrogens (tertiary/aromatic N) is 4. The summed E-state index contributed by atoms with van der Waals surface area (Å²) in [6, 6.07) is 7.68. The first-order valence-corrected chi connectivity index (χ1v) is 14.9. The number of fused-ring (bicyclic) bond motifs is 2. The molecule has 3 aromatic rings. The Bertz CT molecular complexity index is 1430. The number of hydrogen-bond acceptors (Lipinski definition) is 7. The van der Waals surface area contributed by atoms with Gasteiger partial charge in [0, 0.05) is 57.6 Å². The molecule has 42 heavy (non-hydrogen) atoms. The summed E-state index contributed by atoms with van der Waals surface area (Å²) in [5, 5.41) is 17.7. The van der Waals surface area contributed by atoms with Crippen LogP contribution in [-0.4, -0.2) is 64.0 Å². The SMILES string of the molecule is CC(=O)[C@H](CCN(CCCCc1ccc2c(n1)NCCC2)CC1CC(F)(F)C1)Nc1c2ccc(F)cc2nc(C)[n+]1O. The lowest BCUT2D eigenvalue weighted by molar-refractivity contribution is -0.898. The van der Waals surface area contributed by atoms with E-state index in [4.69, 9.17) is 4.98 Å². The Hall–Kier alpha value is -3.47. The summed E-state index contributed by atoms with van der Waals surface area (Å²) in [4.78, 5) is 23.9. The van der Waals surface area contributed by atoms with Crippen molar-refractivity contribution in [1.29, 1.82) is 0 Å². The Labute approximate surface area is 244 Å². The molecule has 1 atom stereocenters. The van der Waals surface area contributed by atoms with Crippen LogP contribution in [-0.2, 0) is 17.6 Å². The van der Waals surface area contributed by atoms with Crippen molar-refractivity contribution in [3.63, 3.8) is 0 Å². The maximum atomic E-state index is 13.8. The van der Waals surface area contributed by atoms with Gasteiger partial charge in [-0.05, 0) is 75.3 Å². The first-order chi connectivity index (χ1) is 20.1. The van der Waals surface area contributed by atoms with Gasteiger partial charge < -0.3 is 15.4 Å². The van der Waals surface area contributed by atoms with E-state index in [0.29, 0.717) is 30.4 Å². The molecular formula is C31H40F3N6O2+. The number of pyridine rings is 1. The van der Waals surface area contributed by atoms with E-state index in [2.05, 4.69) is 32.7 Å². The van der Waals surface area contributed by atoms with Crippen LogP contribution in [0.1, 0.15) is 62.5 Å². The van der Waals surface area contributed by atoms with Crippen molar-refractivity contribution in [3.05, 3.63) is 53.2 Å². The van der Waals surface area contributed by atoms with Gasteiger partial charge in [0.2, 0.25) is 5.92 Å². The first-order valence-electron chi connectivity index (χ1n) is 14.9. The van der Waals surface area contributed by atoms with Crippen molar-refractivity contribution < 1.29 is 27.9 Å². The topological polar surface area (TPSA) is 94.3 Å². The van der Waals surface area contributed by atoms with Crippen molar-refractivity contribution in [3.8, 4) is 0 Å². The number of Topliss-reactive ketones (excluding diaryl/α,β-unsaturated/α-hetero) is 1. The van der Waals surface area contributed by atoms with E-state index in [0.717, 1.165) is 61.4 Å². The van der Waals surface area contributed by atoms with Crippen LogP contribution in [0.4, 0.5) is 24.8 Å². The van der Waals surface area contributed by atoms with E-state index in [9.17, 15) is 23.2 Å². The number of unbranched alkanes of at least 4 members (excludes halogenated alkanes) is 1. The lowest BCUT2D eigenvalue weighted by Crippen LogP contribution is -2.45. The number of aryl methyl sites for hydroxylation is 3. The summed E-state index contributed by atoms with van der Waals surface area (Å²) in [5.74, 6) is -1.73. The van der Waals surface area contributed by atoms with Crippen molar-refractivity contribution in [2.75, 3.05) is 36.8 Å². The number of halogens is 3. The fraction of sp³-hybridized carbons (Fsp3) is 0.548. The number of alkyl halides is 2. The molecule has 1 aliphatic heterocycles. The van der Waals surface area contributed by atoms with Crippen LogP contribution >= 0.6 is 0 Å². The standard InChI is InChI=1S/C31H39F3N6O2/c1-20(41)27(38-30-26-11-9-24(32)16-28(26)36-21(2)40(30)42)12-15-39(19-22-17-31(33,34)18-22)14-4-3-7-25-10-8-23-6-5-13-35-29(23)37-25/h8-11,16,22,27,42H,3-7,12-15,17-19H2,1-2H3,(H,35,37)/p+1/t27-/m0/s1. The number of hydrogen-bond donors (Lipinski definition) is 3. The molecule has 3 N–H and O–H groups in total. The molecule has 0 radical (unpaired) electrons. The van der Waals surface area contributed by atoms with Crippen molar-refractivity contribution in [2.45, 2.75) is 77.2 Å². The summed E-state index contributed by atoms with van der Waals surface area (Å²) in [6.45, 7) is 5.83. The van der Waals surface area contributed by atoms with E-state index in [1.54, 1.807) is 6.92 Å². The molecule has 0 spiro atoms. The number of carbonyl (C=O) groups excluding carboxylic acids is 1. The summed E-state index contributed by atoms with van der Waals surface area (Å²) >= 11 is 0. The molecule has 1 saturated carbocycles. The molecule has 226 valence electrons. The Balaban J connectivity index is 1.22. The predicted octanol–water partition coefficient (Wildman–Crippen LogP) is 5.09. The second-order valence-corrected chi connectivity index (χ2v) is 11.8. The third-order valence-corrected chi connectivity index (χ3v) is 8.35. The largest absolute Gasteiger partial charge is 0.371 e. The second kappa shape index (κ2) is 12.8. The molecule has 1 aromatic carbocycles. The predicted molar refractivity (Wildman–Crippen MR) is 155 cm³/mol. The highest BCUT2D eigenvalue weighted by molar-refractivity contribution is 5.90. The molecule has 11 heteroatoms. The lowest BCUT2D eigenvalue weighted by atomic mass is 9.81. The fourth-order valence-corrected chi connectivity index (χ4v) is 6.01. The fourth-order valence-electron chi connectivity index (χ4n) is 6.01. The van der Waals surface area contributed by atoms with E-state index in [-0.39, 0.29) is 36.2 Å². The van der Waals surface area contributed by atoms with Gasteiger partial charge in [-0.1, -0.05) is 10.8 Å². The highest BCUT2D eigenvalue weighted by Crippen LogP contribution is 2.42. The number of aromatic nitrogens is 3. The maximum Gasteiger partial charge on any atom is 0.273 e. The van der Waals surface area contributed by atoms with E-state index in [1.807, 2.05) is 0 Å². The Morgan fingerprint density at radius 2 is 2.02 bits per heavy atom. The molecule has 8 nitrogen and oxygen atoms in total. The molecule has 0 bridgehead atoms. The highest BCUT2D eigenvalue weighted by Gasteiger charge is 2.45. The molecule has 5 rings (SSSR count). The summed E-state index contributed by atoms with van der Waals surface area (Å²) in [7, 11) is 0. The zero-order valence-corrected chi connectivity index (χ0v) is 24.3. The van der Waals surface area contributed by atoms with Gasteiger partial charge in [-0.2, -0.15) is 0 Å². The molecular weight excluding hydrogens is 545 g/mol. The van der Waals surface area contributed by atoms with Crippen LogP contribution in [0.15, 0.2) is 30.3 Å². The average molecular weight is 586 g/mol. The van der Waals surface area contributed by atoms with E-state index >= 15 is 0 Å². The molecule has 0 saturated heterocycles. The number of benzene rings is 1. The molecule has 2 aromatic heterocycles. The summed E-state index contributed by atoms with van der Waals surface area (Å²) in [6.07, 6.45) is 5.02. The summed E-state index contributed by atoms with van der Waals surface area (Å²) in [5.41, 5.74) is 2.67. The highest BCUT2D eigenvalue weighted by atomic mass is 19.3. The number of ketones is 1. The third kappa shape index (κ3) is 7.29. The van der Waals surface area contributed by atoms with Crippen LogP contribution in [0, 0.1) is 18.7 Å². The number of rotatable bonds is 13. The minimum absolute atomic E-state index is 0.0709. The van der Waals surface area contributed by atoms with Crippen molar-refractivity contribution >= 4 is 28.3 Å². The lowest BCUT2D eigenvalue weighted by Gasteiger charge is -2.38. The molecule has 3 heterocycles. The molecule has 1 fully saturated rings. The Kier molecular flexibility index (Phi) is 9.15. The average Bonchev–Trinajstić information content (AvgIpc) is 2.93. The van der Waals surface area contributed by atoms with E-state index < -0.39 is 17.8 Å². The van der Waals surface area contributed by atoms with E-state index in [1.165, 1.54) is 30.7 Å². The van der Waals surface area contributed by atoms with Gasteiger partial charge in [0.25, 0.3) is 11.6 Å². The van der Waals surface area contributed by atoms with Crippen LogP contribution in [0.25, 0.3) is 10.9 Å². The maximum absolute atomic E-state index is 13.8. The van der Waals surface area contributed by atoms with Gasteiger partial charge >= 0.3 is 0 Å². The van der Waals surface area contributed by atoms with Gasteiger partial charge in [-0.3, -0.25) is 10.1 Å². The third-order valence-electron chi connectivity index (χ3n) is 8.35. The number of nitrogens with one attached hydrogen (secondary N) is 2. The normalized spacial score (nSPS) is 17.0. The minimum atomic E-state index is -2.58. The van der Waals surface area contributed by atoms with Gasteiger partial charge in [-0.15, -0.1) is 4.98 Å². The van der Waals surface area contributed by atoms with Crippen molar-refractivity contribution in [1.82, 2.24) is 14.9 Å². The Morgan fingerprint density at radius 3 is 2.79 bits per heavy atom. The number of anilines is 2. The second-order valence-electron chi connectivity index (χ2n) is 11.8. The van der Waals surface area contributed by atoms with Crippen LogP contribution in [0.2, 0.25) is 0 Å². The molecule has 0 unspecified atom stereocenters. The quantitative estimate of drug-likeness (QED) is 0.146. The zero-order chi connectivity index (χ0) is 29.9. The first kappa shape index (κ1) is 30.0. The van der Waals surface area contributed by atoms with Crippen LogP contribution in [0.3, 0.4) is 0 Å². The molecule has 1 aliphatic carbocycles. The molecule has 0 amide bonds. The minimum Gasteiger partial charge on any atom is -0.371 e. The van der Waals surface area contributed by atoms with Gasteiger partial charge in [0.15, 0.2) is 11.3 Å². The Morgan fingerprint density at radius 1 is 1.21 bits per heavy atom. The van der Waals surface area contributed by atoms with Crippen LogP contribution < -0.4 is 15.4 Å². The summed E-state index contributed by atoms with van der Waals surface area (Å²) < 4.78 is 41.9. The molecule has 2 aliphatic rings. The van der Waals surface area contributed by atoms with Crippen molar-refractivity contribution in [2.24, 2.45) is 5.92 Å². The van der Waals surface area contributed by atoms with Gasteiger partial charge in [0.1, 0.15) is 17.7 Å². The zero-order valence-electron chi connectivity index (χ0n) is 24.3. The monoisotopic (exact) mass is 585 g/mol. The number of carbonyl (C=O) groups is 1. The van der Waals surface area contributed by atoms with Gasteiger partial charge in [-0.25, -0.2) is 18.2 Å². The van der Waals surface area contributed by atoms with Crippen LogP contribution in [0.5, 0.6) is 0 Å². The van der Waals surface area contributed by atoms with Gasteiger partial charge in [0.05, 0.1) is 5.39 Å². The smallest absolute Gasteiger partial charge is 0.273 e.